The third-order valence-electron chi connectivity index (χ3n) is 3.90. The van der Waals surface area contributed by atoms with Crippen molar-refractivity contribution in [1.29, 1.82) is 0 Å². The lowest BCUT2D eigenvalue weighted by Crippen LogP contribution is -2.49. The van der Waals surface area contributed by atoms with Crippen LogP contribution in [0.3, 0.4) is 0 Å². The number of aryl methyl sites for hydroxylation is 1. The summed E-state index contributed by atoms with van der Waals surface area (Å²) >= 11 is 1.52. The van der Waals surface area contributed by atoms with Gasteiger partial charge >= 0.3 is 0 Å². The molecule has 1 aromatic rings. The van der Waals surface area contributed by atoms with Crippen molar-refractivity contribution in [2.24, 2.45) is 0 Å². The predicted molar refractivity (Wildman–Crippen MR) is 93.8 cm³/mol. The first-order valence-corrected chi connectivity index (χ1v) is 9.58. The van der Waals surface area contributed by atoms with Crippen LogP contribution in [0.4, 0.5) is 4.39 Å². The summed E-state index contributed by atoms with van der Waals surface area (Å²) in [5.41, 5.74) is 0.825. The summed E-state index contributed by atoms with van der Waals surface area (Å²) < 4.78 is 19.6. The number of thioether (sulfide) groups is 1. The van der Waals surface area contributed by atoms with Crippen LogP contribution in [-0.4, -0.2) is 36.0 Å². The molecule has 2 rings (SSSR count). The summed E-state index contributed by atoms with van der Waals surface area (Å²) in [7, 11) is 0. The minimum Gasteiger partial charge on any atom is -0.490 e. The van der Waals surface area contributed by atoms with Crippen LogP contribution in [0.15, 0.2) is 18.2 Å². The molecule has 1 aromatic carbocycles. The highest BCUT2D eigenvalue weighted by molar-refractivity contribution is 7.99. The average molecular weight is 339 g/mol. The number of carbonyl (C=O) groups excluding carboxylic acids is 1. The zero-order valence-corrected chi connectivity index (χ0v) is 14.9. The molecule has 3 nitrogen and oxygen atoms in total. The highest BCUT2D eigenvalue weighted by Gasteiger charge is 2.31. The van der Waals surface area contributed by atoms with E-state index in [1.165, 1.54) is 23.9 Å². The Morgan fingerprint density at radius 3 is 2.78 bits per heavy atom. The Bertz CT molecular complexity index is 530. The number of ether oxygens (including phenoxy) is 1. The summed E-state index contributed by atoms with van der Waals surface area (Å²) in [5.74, 6) is 0.993. The molecule has 0 aliphatic heterocycles. The number of hydrogen-bond donors (Lipinski definition) is 1. The summed E-state index contributed by atoms with van der Waals surface area (Å²) in [4.78, 5) is 11.6. The number of hydrogen-bond acceptors (Lipinski definition) is 4. The van der Waals surface area contributed by atoms with Crippen LogP contribution in [0, 0.1) is 5.82 Å². The van der Waals surface area contributed by atoms with Gasteiger partial charge in [-0.2, -0.15) is 11.8 Å². The van der Waals surface area contributed by atoms with E-state index in [0.717, 1.165) is 18.4 Å². The minimum atomic E-state index is -0.300. The number of benzene rings is 1. The molecular formula is C18H26FNO2S. The van der Waals surface area contributed by atoms with E-state index in [1.807, 2.05) is 12.3 Å². The Kier molecular flexibility index (Phi) is 6.90. The van der Waals surface area contributed by atoms with E-state index in [4.69, 9.17) is 4.74 Å². The molecule has 1 fully saturated rings. The predicted octanol–water partition coefficient (Wildman–Crippen LogP) is 3.60. The molecule has 0 aromatic heterocycles. The largest absolute Gasteiger partial charge is 0.490 e. The van der Waals surface area contributed by atoms with Crippen LogP contribution in [0.25, 0.3) is 0 Å². The summed E-state index contributed by atoms with van der Waals surface area (Å²) in [6, 6.07) is 5.75. The monoisotopic (exact) mass is 339 g/mol. The van der Waals surface area contributed by atoms with Gasteiger partial charge in [-0.1, -0.05) is 13.8 Å². The fraction of sp³-hybridized carbons (Fsp3) is 0.611. The highest BCUT2D eigenvalue weighted by atomic mass is 32.2. The SMILES string of the molecule is CSCC(=O)CCc1cc(F)cc(O[C@H]2C[C@H](NC(C)C)C2)c1. The van der Waals surface area contributed by atoms with Gasteiger partial charge in [0.15, 0.2) is 0 Å². The molecule has 0 unspecified atom stereocenters. The lowest BCUT2D eigenvalue weighted by atomic mass is 9.88. The van der Waals surface area contributed by atoms with Gasteiger partial charge in [-0.3, -0.25) is 4.79 Å². The smallest absolute Gasteiger partial charge is 0.143 e. The lowest BCUT2D eigenvalue weighted by molar-refractivity contribution is -0.116. The number of ketones is 1. The van der Waals surface area contributed by atoms with Crippen molar-refractivity contribution < 1.29 is 13.9 Å². The Hall–Kier alpha value is -1.07. The number of Topliss-reactive ketones (excluding diaryl/α,β-unsaturated/α-hetero) is 1. The van der Waals surface area contributed by atoms with E-state index in [0.29, 0.717) is 36.4 Å². The molecule has 1 N–H and O–H groups in total. The molecule has 0 bridgehead atoms. The number of halogens is 1. The third-order valence-corrected chi connectivity index (χ3v) is 4.51. The van der Waals surface area contributed by atoms with E-state index in [9.17, 15) is 9.18 Å². The number of carbonyl (C=O) groups is 1. The molecule has 1 saturated carbocycles. The van der Waals surface area contributed by atoms with Crippen molar-refractivity contribution in [2.45, 2.75) is 57.7 Å². The Morgan fingerprint density at radius 2 is 2.13 bits per heavy atom. The van der Waals surface area contributed by atoms with Gasteiger partial charge in [-0.25, -0.2) is 4.39 Å². The summed E-state index contributed by atoms with van der Waals surface area (Å²) in [6.45, 7) is 4.26. The zero-order valence-electron chi connectivity index (χ0n) is 14.1. The Labute approximate surface area is 142 Å². The molecule has 0 spiro atoms. The van der Waals surface area contributed by atoms with Crippen LogP contribution in [0.5, 0.6) is 5.75 Å². The van der Waals surface area contributed by atoms with E-state index < -0.39 is 0 Å². The van der Waals surface area contributed by atoms with Crippen molar-refractivity contribution in [3.63, 3.8) is 0 Å². The second kappa shape index (κ2) is 8.69. The topological polar surface area (TPSA) is 38.3 Å². The number of rotatable bonds is 9. The van der Waals surface area contributed by atoms with Gasteiger partial charge in [0.25, 0.3) is 0 Å². The van der Waals surface area contributed by atoms with Crippen molar-refractivity contribution in [3.05, 3.63) is 29.6 Å². The van der Waals surface area contributed by atoms with E-state index in [-0.39, 0.29) is 17.7 Å². The molecule has 0 radical (unpaired) electrons. The molecule has 0 amide bonds. The van der Waals surface area contributed by atoms with Gasteiger partial charge in [-0.15, -0.1) is 0 Å². The van der Waals surface area contributed by atoms with Gasteiger partial charge in [0.05, 0.1) is 5.75 Å². The van der Waals surface area contributed by atoms with Crippen molar-refractivity contribution >= 4 is 17.5 Å². The molecule has 5 heteroatoms. The molecular weight excluding hydrogens is 313 g/mol. The lowest BCUT2D eigenvalue weighted by Gasteiger charge is -2.37. The second-order valence-corrected chi connectivity index (χ2v) is 7.36. The minimum absolute atomic E-state index is 0.152. The highest BCUT2D eigenvalue weighted by Crippen LogP contribution is 2.27. The van der Waals surface area contributed by atoms with Gasteiger partial charge < -0.3 is 10.1 Å². The first kappa shape index (κ1) is 18.3. The quantitative estimate of drug-likeness (QED) is 0.746. The maximum Gasteiger partial charge on any atom is 0.143 e. The Balaban J connectivity index is 1.84. The van der Waals surface area contributed by atoms with Crippen LogP contribution < -0.4 is 10.1 Å². The first-order chi connectivity index (χ1) is 11.0. The van der Waals surface area contributed by atoms with Gasteiger partial charge in [0.2, 0.25) is 0 Å². The molecule has 23 heavy (non-hydrogen) atoms. The standard InChI is InChI=1S/C18H26FNO2S/c1-12(2)20-15-9-18(10-15)22-17-7-13(6-14(19)8-17)4-5-16(21)11-23-3/h6-8,12,15,18,20H,4-5,9-11H2,1-3H3/t15-,18-. The third kappa shape index (κ3) is 6.15. The first-order valence-electron chi connectivity index (χ1n) is 8.19. The van der Waals surface area contributed by atoms with Gasteiger partial charge in [0.1, 0.15) is 23.5 Å². The maximum atomic E-state index is 13.7. The second-order valence-electron chi connectivity index (χ2n) is 6.50. The molecule has 0 heterocycles. The van der Waals surface area contributed by atoms with E-state index in [2.05, 4.69) is 19.2 Å². The Morgan fingerprint density at radius 1 is 1.39 bits per heavy atom. The van der Waals surface area contributed by atoms with Gasteiger partial charge in [-0.05, 0) is 43.2 Å². The van der Waals surface area contributed by atoms with Crippen molar-refractivity contribution in [1.82, 2.24) is 5.32 Å². The molecule has 0 atom stereocenters. The number of nitrogens with one attached hydrogen (secondary N) is 1. The molecule has 128 valence electrons. The van der Waals surface area contributed by atoms with Crippen LogP contribution >= 0.6 is 11.8 Å². The zero-order chi connectivity index (χ0) is 16.8. The average Bonchev–Trinajstić information content (AvgIpc) is 2.42. The fourth-order valence-corrected chi connectivity index (χ4v) is 3.28. The fourth-order valence-electron chi connectivity index (χ4n) is 2.81. The van der Waals surface area contributed by atoms with Gasteiger partial charge in [0, 0.05) is 24.6 Å². The van der Waals surface area contributed by atoms with Crippen molar-refractivity contribution in [3.8, 4) is 5.75 Å². The van der Waals surface area contributed by atoms with Crippen LogP contribution in [0.1, 0.15) is 38.7 Å². The maximum absolute atomic E-state index is 13.7. The van der Waals surface area contributed by atoms with Crippen LogP contribution in [0.2, 0.25) is 0 Å². The normalized spacial score (nSPS) is 20.4. The van der Waals surface area contributed by atoms with E-state index >= 15 is 0 Å². The molecule has 1 aliphatic carbocycles. The van der Waals surface area contributed by atoms with Crippen molar-refractivity contribution in [2.75, 3.05) is 12.0 Å². The van der Waals surface area contributed by atoms with Crippen LogP contribution in [-0.2, 0) is 11.2 Å². The van der Waals surface area contributed by atoms with E-state index in [1.54, 1.807) is 0 Å². The summed E-state index contributed by atoms with van der Waals surface area (Å²) in [5, 5.41) is 3.47. The molecule has 1 aliphatic rings. The molecule has 0 saturated heterocycles. The summed E-state index contributed by atoms with van der Waals surface area (Å²) in [6.07, 6.45) is 4.99.